The standard InChI is InChI=1S/2C5H5.ClH.O.Zr/c2*1-2-4-5-3-1;;;/h2*1-3H,4H2;1H;;/q2*-1;;;+2. The Morgan fingerprint density at radius 2 is 1.31 bits per heavy atom. The Bertz CT molecular complexity index is 165. The van der Waals surface area contributed by atoms with E-state index in [1.54, 1.807) is 0 Å². The molecule has 0 aliphatic heterocycles. The number of hydrogen-bond acceptors (Lipinski definition) is 1. The van der Waals surface area contributed by atoms with Gasteiger partial charge in [-0.2, -0.15) is 12.2 Å². The second-order valence-corrected chi connectivity index (χ2v) is 2.01. The van der Waals surface area contributed by atoms with E-state index in [2.05, 4.69) is 24.3 Å². The van der Waals surface area contributed by atoms with Crippen molar-refractivity contribution in [2.75, 3.05) is 0 Å². The van der Waals surface area contributed by atoms with Crippen LogP contribution in [0.15, 0.2) is 36.5 Å². The third kappa shape index (κ3) is 11.9. The Morgan fingerprint density at radius 1 is 0.923 bits per heavy atom. The van der Waals surface area contributed by atoms with Gasteiger partial charge in [-0.25, -0.2) is 24.3 Å². The van der Waals surface area contributed by atoms with Crippen LogP contribution in [0.2, 0.25) is 0 Å². The van der Waals surface area contributed by atoms with Crippen molar-refractivity contribution in [1.29, 1.82) is 0 Å². The van der Waals surface area contributed by atoms with Crippen LogP contribution < -0.4 is 0 Å². The summed E-state index contributed by atoms with van der Waals surface area (Å²) in [5.74, 6) is 0. The molecular weight excluding hydrogens is 263 g/mol. The molecule has 0 radical (unpaired) electrons. The normalized spacial score (nSPS) is 14.0. The second kappa shape index (κ2) is 14.5. The minimum atomic E-state index is 0. The maximum absolute atomic E-state index is 8.34. The zero-order chi connectivity index (χ0) is 9.07. The van der Waals surface area contributed by atoms with Crippen molar-refractivity contribution in [2.24, 2.45) is 0 Å². The summed E-state index contributed by atoms with van der Waals surface area (Å²) < 4.78 is 8.34. The van der Waals surface area contributed by atoms with E-state index in [1.165, 1.54) is 0 Å². The van der Waals surface area contributed by atoms with Crippen LogP contribution in [0.5, 0.6) is 0 Å². The van der Waals surface area contributed by atoms with Gasteiger partial charge in [-0.05, 0) is 0 Å². The third-order valence-electron chi connectivity index (χ3n) is 1.17. The van der Waals surface area contributed by atoms with Crippen LogP contribution in [0.25, 0.3) is 0 Å². The molecule has 0 aromatic rings. The van der Waals surface area contributed by atoms with E-state index in [1.807, 2.05) is 24.3 Å². The number of rotatable bonds is 0. The average Bonchev–Trinajstić information content (AvgIpc) is 2.87. The average molecular weight is 274 g/mol. The van der Waals surface area contributed by atoms with E-state index < -0.39 is 0 Å². The molecule has 0 unspecified atom stereocenters. The number of allylic oxidation sites excluding steroid dienone is 8. The summed E-state index contributed by atoms with van der Waals surface area (Å²) in [6.07, 6.45) is 20.0. The molecule has 2 rings (SSSR count). The molecule has 68 valence electrons. The molecule has 0 bridgehead atoms. The van der Waals surface area contributed by atoms with Crippen LogP contribution in [0.4, 0.5) is 0 Å². The molecule has 0 aromatic heterocycles. The molecule has 0 spiro atoms. The molecule has 1 nitrogen and oxygen atoms in total. The van der Waals surface area contributed by atoms with Crippen molar-refractivity contribution >= 4 is 12.4 Å². The molecule has 0 aromatic carbocycles. The summed E-state index contributed by atoms with van der Waals surface area (Å²) in [6.45, 7) is 0. The Labute approximate surface area is 101 Å². The third-order valence-corrected chi connectivity index (χ3v) is 1.17. The number of halogens is 1. The van der Waals surface area contributed by atoms with Gasteiger partial charge in [-0.3, -0.25) is 12.2 Å². The molecule has 0 saturated heterocycles. The molecule has 2 aliphatic rings. The summed E-state index contributed by atoms with van der Waals surface area (Å²) >= 11 is 0.300. The van der Waals surface area contributed by atoms with Crippen molar-refractivity contribution < 1.29 is 27.5 Å². The van der Waals surface area contributed by atoms with Gasteiger partial charge < -0.3 is 0 Å². The summed E-state index contributed by atoms with van der Waals surface area (Å²) in [4.78, 5) is 0. The topological polar surface area (TPSA) is 17.1 Å². The molecule has 0 saturated carbocycles. The van der Waals surface area contributed by atoms with E-state index >= 15 is 0 Å². The molecular formula is C10H11ClOZr. The second-order valence-electron chi connectivity index (χ2n) is 2.01. The van der Waals surface area contributed by atoms with Gasteiger partial charge in [0.25, 0.3) is 0 Å². The molecule has 0 N–H and O–H groups in total. The molecule has 3 heteroatoms. The molecule has 0 amide bonds. The molecule has 0 fully saturated rings. The molecule has 0 heterocycles. The fraction of sp³-hybridized carbons (Fsp3) is 0.200. The first-order chi connectivity index (χ1) is 6.00. The van der Waals surface area contributed by atoms with Crippen molar-refractivity contribution in [1.82, 2.24) is 0 Å². The van der Waals surface area contributed by atoms with Crippen molar-refractivity contribution in [2.45, 2.75) is 12.8 Å². The Hall–Kier alpha value is -0.0669. The Balaban J connectivity index is 0. The minimum absolute atomic E-state index is 0. The maximum atomic E-state index is 8.34. The molecule has 2 aliphatic carbocycles. The fourth-order valence-corrected chi connectivity index (χ4v) is 0.680. The van der Waals surface area contributed by atoms with Gasteiger partial charge in [0.05, 0.1) is 0 Å². The number of hydrogen-bond donors (Lipinski definition) is 0. The summed E-state index contributed by atoms with van der Waals surface area (Å²) in [7, 11) is 0. The zero-order valence-electron chi connectivity index (χ0n) is 7.19. The van der Waals surface area contributed by atoms with Gasteiger partial charge in [0.1, 0.15) is 0 Å². The quantitative estimate of drug-likeness (QED) is 0.621. The molecule has 0 atom stereocenters. The van der Waals surface area contributed by atoms with Crippen LogP contribution >= 0.6 is 12.4 Å². The van der Waals surface area contributed by atoms with Crippen molar-refractivity contribution in [3.63, 3.8) is 0 Å². The molecule has 13 heavy (non-hydrogen) atoms. The van der Waals surface area contributed by atoms with Gasteiger partial charge in [0.2, 0.25) is 0 Å². The van der Waals surface area contributed by atoms with Crippen LogP contribution in [-0.4, -0.2) is 0 Å². The van der Waals surface area contributed by atoms with Gasteiger partial charge >= 0.3 is 27.5 Å². The summed E-state index contributed by atoms with van der Waals surface area (Å²) in [5, 5.41) is 0. The van der Waals surface area contributed by atoms with E-state index in [0.29, 0.717) is 24.7 Å². The first-order valence-corrected chi connectivity index (χ1v) is 4.64. The fourth-order valence-electron chi connectivity index (χ4n) is 0.680. The predicted octanol–water partition coefficient (Wildman–Crippen LogP) is 2.91. The SMILES string of the molecule is Cl.[C-]1=CC=CC1.[C-]1=CC=CC1.[O]=[Zr+2]. The van der Waals surface area contributed by atoms with Gasteiger partial charge in [0.15, 0.2) is 0 Å². The van der Waals surface area contributed by atoms with Crippen LogP contribution in [0.3, 0.4) is 0 Å². The summed E-state index contributed by atoms with van der Waals surface area (Å²) in [5.41, 5.74) is 0. The van der Waals surface area contributed by atoms with E-state index in [0.717, 1.165) is 12.8 Å². The van der Waals surface area contributed by atoms with Crippen molar-refractivity contribution in [3.8, 4) is 0 Å². The van der Waals surface area contributed by atoms with Crippen LogP contribution in [-0.2, 0) is 27.5 Å². The van der Waals surface area contributed by atoms with Crippen molar-refractivity contribution in [3.05, 3.63) is 48.6 Å². The van der Waals surface area contributed by atoms with Gasteiger partial charge in [-0.15, -0.1) is 25.2 Å². The summed E-state index contributed by atoms with van der Waals surface area (Å²) in [6, 6.07) is 0. The first kappa shape index (κ1) is 15.4. The zero-order valence-corrected chi connectivity index (χ0v) is 10.5. The van der Waals surface area contributed by atoms with E-state index in [-0.39, 0.29) is 12.4 Å². The van der Waals surface area contributed by atoms with Crippen LogP contribution in [0, 0.1) is 12.2 Å². The van der Waals surface area contributed by atoms with Gasteiger partial charge in [-0.1, -0.05) is 0 Å². The predicted molar refractivity (Wildman–Crippen MR) is 51.1 cm³/mol. The Kier molecular flexibility index (Phi) is 17.1. The Morgan fingerprint density at radius 3 is 1.38 bits per heavy atom. The van der Waals surface area contributed by atoms with E-state index in [9.17, 15) is 0 Å². The van der Waals surface area contributed by atoms with Crippen LogP contribution in [0.1, 0.15) is 12.8 Å². The van der Waals surface area contributed by atoms with Gasteiger partial charge in [0, 0.05) is 0 Å². The first-order valence-electron chi connectivity index (χ1n) is 3.64. The van der Waals surface area contributed by atoms with E-state index in [4.69, 9.17) is 2.81 Å². The monoisotopic (exact) mass is 272 g/mol.